The maximum atomic E-state index is 13.0. The Morgan fingerprint density at radius 3 is 2.69 bits per heavy atom. The second kappa shape index (κ2) is 4.31. The van der Waals surface area contributed by atoms with Gasteiger partial charge in [-0.15, -0.1) is 0 Å². The largest absolute Gasteiger partial charge is 0.328 e. The summed E-state index contributed by atoms with van der Waals surface area (Å²) in [6.07, 6.45) is 1.60. The summed E-state index contributed by atoms with van der Waals surface area (Å²) in [5.41, 5.74) is 1.05. The van der Waals surface area contributed by atoms with E-state index in [0.717, 1.165) is 0 Å². The number of benzene rings is 1. The zero-order chi connectivity index (χ0) is 11.7. The number of hydrogen-bond acceptors (Lipinski definition) is 2. The van der Waals surface area contributed by atoms with Crippen molar-refractivity contribution in [2.75, 3.05) is 0 Å². The van der Waals surface area contributed by atoms with E-state index in [9.17, 15) is 9.18 Å². The first kappa shape index (κ1) is 11.2. The highest BCUT2D eigenvalue weighted by atomic mass is 79.9. The molecule has 1 aliphatic rings. The summed E-state index contributed by atoms with van der Waals surface area (Å²) in [4.78, 5) is 11.3. The first-order chi connectivity index (χ1) is 7.56. The molecular formula is C10H6BrFN2OS. The number of halogens is 2. The van der Waals surface area contributed by atoms with Crippen LogP contribution in [0.1, 0.15) is 5.56 Å². The molecule has 16 heavy (non-hydrogen) atoms. The number of hydrogen-bond donors (Lipinski definition) is 2. The molecule has 2 rings (SSSR count). The molecule has 0 aliphatic carbocycles. The second-order valence-electron chi connectivity index (χ2n) is 3.14. The minimum atomic E-state index is -0.346. The molecule has 0 unspecified atom stereocenters. The molecule has 3 nitrogen and oxygen atoms in total. The van der Waals surface area contributed by atoms with Crippen LogP contribution < -0.4 is 10.6 Å². The second-order valence-corrected chi connectivity index (χ2v) is 4.40. The van der Waals surface area contributed by atoms with Crippen molar-refractivity contribution < 1.29 is 9.18 Å². The molecule has 0 atom stereocenters. The zero-order valence-electron chi connectivity index (χ0n) is 7.88. The van der Waals surface area contributed by atoms with E-state index in [-0.39, 0.29) is 16.8 Å². The van der Waals surface area contributed by atoms with Crippen LogP contribution in [0.4, 0.5) is 4.39 Å². The molecule has 1 heterocycles. The van der Waals surface area contributed by atoms with Gasteiger partial charge in [0.2, 0.25) is 0 Å². The van der Waals surface area contributed by atoms with Crippen molar-refractivity contribution in [1.29, 1.82) is 0 Å². The quantitative estimate of drug-likeness (QED) is 0.615. The molecule has 1 saturated heterocycles. The highest BCUT2D eigenvalue weighted by molar-refractivity contribution is 9.10. The van der Waals surface area contributed by atoms with Gasteiger partial charge < -0.3 is 5.32 Å². The fourth-order valence-electron chi connectivity index (χ4n) is 1.25. The summed E-state index contributed by atoms with van der Waals surface area (Å²) in [6, 6.07) is 4.48. The average Bonchev–Trinajstić information content (AvgIpc) is 2.51. The zero-order valence-corrected chi connectivity index (χ0v) is 10.3. The molecule has 0 saturated carbocycles. The summed E-state index contributed by atoms with van der Waals surface area (Å²) in [5.74, 6) is -0.632. The van der Waals surface area contributed by atoms with Gasteiger partial charge in [0.05, 0.1) is 4.47 Å². The normalized spacial score (nSPS) is 17.5. The third-order valence-electron chi connectivity index (χ3n) is 1.97. The molecule has 6 heteroatoms. The van der Waals surface area contributed by atoms with Crippen LogP contribution >= 0.6 is 28.1 Å². The monoisotopic (exact) mass is 300 g/mol. The van der Waals surface area contributed by atoms with Crippen molar-refractivity contribution in [2.24, 2.45) is 0 Å². The number of nitrogens with one attached hydrogen (secondary N) is 2. The van der Waals surface area contributed by atoms with Gasteiger partial charge in [-0.2, -0.15) is 0 Å². The molecule has 1 fully saturated rings. The van der Waals surface area contributed by atoms with Crippen molar-refractivity contribution >= 4 is 45.2 Å². The number of amides is 1. The predicted octanol–water partition coefficient (Wildman–Crippen LogP) is 1.93. The Morgan fingerprint density at radius 2 is 2.12 bits per heavy atom. The SMILES string of the molecule is O=C1NC(=S)NC1=Cc1ccc(F)c(Br)c1. The van der Waals surface area contributed by atoms with Crippen LogP contribution in [0.3, 0.4) is 0 Å². The van der Waals surface area contributed by atoms with Crippen LogP contribution in [0.15, 0.2) is 28.4 Å². The first-order valence-electron chi connectivity index (χ1n) is 4.35. The van der Waals surface area contributed by atoms with E-state index in [0.29, 0.717) is 15.7 Å². The number of rotatable bonds is 1. The van der Waals surface area contributed by atoms with E-state index >= 15 is 0 Å². The summed E-state index contributed by atoms with van der Waals surface area (Å²) in [6.45, 7) is 0. The Balaban J connectivity index is 2.32. The standard InChI is InChI=1S/C10H6BrFN2OS/c11-6-3-5(1-2-7(6)12)4-8-9(15)14-10(16)13-8/h1-4H,(H2,13,14,15,16). The Labute approximate surface area is 105 Å². The molecule has 2 N–H and O–H groups in total. The first-order valence-corrected chi connectivity index (χ1v) is 5.55. The van der Waals surface area contributed by atoms with Crippen molar-refractivity contribution in [3.63, 3.8) is 0 Å². The van der Waals surface area contributed by atoms with E-state index in [1.807, 2.05) is 0 Å². The number of carbonyl (C=O) groups excluding carboxylic acids is 1. The highest BCUT2D eigenvalue weighted by Crippen LogP contribution is 2.18. The molecule has 1 aromatic rings. The van der Waals surface area contributed by atoms with Gasteiger partial charge in [-0.25, -0.2) is 4.39 Å². The molecule has 1 aliphatic heterocycles. The molecule has 82 valence electrons. The van der Waals surface area contributed by atoms with Crippen molar-refractivity contribution in [3.05, 3.63) is 39.7 Å². The van der Waals surface area contributed by atoms with Gasteiger partial charge in [0.25, 0.3) is 5.91 Å². The third-order valence-corrected chi connectivity index (χ3v) is 2.79. The van der Waals surface area contributed by atoms with Gasteiger partial charge in [0, 0.05) is 0 Å². The maximum absolute atomic E-state index is 13.0. The molecule has 0 spiro atoms. The Morgan fingerprint density at radius 1 is 1.38 bits per heavy atom. The fraction of sp³-hybridized carbons (Fsp3) is 0. The fourth-order valence-corrected chi connectivity index (χ4v) is 1.85. The number of carbonyl (C=O) groups is 1. The van der Waals surface area contributed by atoms with Crippen LogP contribution in [-0.2, 0) is 4.79 Å². The van der Waals surface area contributed by atoms with Gasteiger partial charge >= 0.3 is 0 Å². The average molecular weight is 301 g/mol. The lowest BCUT2D eigenvalue weighted by Crippen LogP contribution is -2.21. The maximum Gasteiger partial charge on any atom is 0.273 e. The van der Waals surface area contributed by atoms with Crippen molar-refractivity contribution in [2.45, 2.75) is 0 Å². The minimum absolute atomic E-state index is 0.275. The van der Waals surface area contributed by atoms with Crippen LogP contribution in [0.25, 0.3) is 6.08 Å². The number of thiocarbonyl (C=S) groups is 1. The molecule has 0 bridgehead atoms. The Kier molecular flexibility index (Phi) is 3.02. The van der Waals surface area contributed by atoms with E-state index < -0.39 is 0 Å². The van der Waals surface area contributed by atoms with Gasteiger partial charge in [0.1, 0.15) is 11.5 Å². The van der Waals surface area contributed by atoms with E-state index in [2.05, 4.69) is 26.6 Å². The lowest BCUT2D eigenvalue weighted by Gasteiger charge is -1.98. The van der Waals surface area contributed by atoms with Gasteiger partial charge in [0.15, 0.2) is 5.11 Å². The predicted molar refractivity (Wildman–Crippen MR) is 66.0 cm³/mol. The van der Waals surface area contributed by atoms with Crippen LogP contribution in [0.5, 0.6) is 0 Å². The molecule has 0 aromatic heterocycles. The molecule has 1 aromatic carbocycles. The third kappa shape index (κ3) is 2.28. The van der Waals surface area contributed by atoms with Crippen molar-refractivity contribution in [3.8, 4) is 0 Å². The Hall–Kier alpha value is -1.27. The summed E-state index contributed by atoms with van der Waals surface area (Å²) >= 11 is 7.85. The van der Waals surface area contributed by atoms with Gasteiger partial charge in [-0.05, 0) is 51.9 Å². The van der Waals surface area contributed by atoms with E-state index in [1.54, 1.807) is 18.2 Å². The van der Waals surface area contributed by atoms with E-state index in [4.69, 9.17) is 12.2 Å². The lowest BCUT2D eigenvalue weighted by molar-refractivity contribution is -0.115. The smallest absolute Gasteiger partial charge is 0.273 e. The lowest BCUT2D eigenvalue weighted by atomic mass is 10.2. The van der Waals surface area contributed by atoms with Crippen LogP contribution in [-0.4, -0.2) is 11.0 Å². The summed E-state index contributed by atoms with van der Waals surface area (Å²) in [5, 5.41) is 5.42. The molecule has 0 radical (unpaired) electrons. The van der Waals surface area contributed by atoms with Crippen LogP contribution in [0, 0.1) is 5.82 Å². The Bertz CT molecular complexity index is 516. The molecule has 1 amide bonds. The molecular weight excluding hydrogens is 295 g/mol. The van der Waals surface area contributed by atoms with Gasteiger partial charge in [-0.1, -0.05) is 6.07 Å². The minimum Gasteiger partial charge on any atom is -0.328 e. The summed E-state index contributed by atoms with van der Waals surface area (Å²) < 4.78 is 13.3. The van der Waals surface area contributed by atoms with Gasteiger partial charge in [-0.3, -0.25) is 10.1 Å². The van der Waals surface area contributed by atoms with Crippen molar-refractivity contribution in [1.82, 2.24) is 10.6 Å². The topological polar surface area (TPSA) is 41.1 Å². The summed E-state index contributed by atoms with van der Waals surface area (Å²) in [7, 11) is 0. The van der Waals surface area contributed by atoms with E-state index in [1.165, 1.54) is 6.07 Å². The highest BCUT2D eigenvalue weighted by Gasteiger charge is 2.19. The van der Waals surface area contributed by atoms with Crippen LogP contribution in [0.2, 0.25) is 0 Å².